The standard InChI is InChI=1S/C17H23Cl2NO2.C4H4O4/c1-21-11-17(22-15-8-13(18)7-14(19)9-15)16-3-2-6-20(16)10-12-4-5-12;5-3(6)1-2-4(7)8/h7-9,12,16-17H,2-6,10-11H2,1H3;1-2H,(H,5,6)(H,7,8). The van der Waals surface area contributed by atoms with Crippen LogP contribution < -0.4 is 4.74 Å². The number of carboxylic acids is 2. The number of methoxy groups -OCH3 is 1. The molecule has 0 spiro atoms. The molecule has 2 N–H and O–H groups in total. The second-order valence-corrected chi connectivity index (χ2v) is 8.25. The van der Waals surface area contributed by atoms with Crippen LogP contribution in [0.4, 0.5) is 0 Å². The van der Waals surface area contributed by atoms with Gasteiger partial charge in [0.2, 0.25) is 0 Å². The highest BCUT2D eigenvalue weighted by atomic mass is 35.5. The van der Waals surface area contributed by atoms with Crippen LogP contribution in [0.2, 0.25) is 10.0 Å². The maximum absolute atomic E-state index is 9.55. The summed E-state index contributed by atoms with van der Waals surface area (Å²) in [6.45, 7) is 2.95. The second-order valence-electron chi connectivity index (χ2n) is 7.37. The number of nitrogens with zero attached hydrogens (tertiary/aromatic N) is 1. The molecule has 0 radical (unpaired) electrons. The molecule has 1 aromatic carbocycles. The lowest BCUT2D eigenvalue weighted by Gasteiger charge is -2.31. The van der Waals surface area contributed by atoms with Gasteiger partial charge in [-0.05, 0) is 56.3 Å². The molecule has 2 fully saturated rings. The van der Waals surface area contributed by atoms with E-state index in [0.717, 1.165) is 18.1 Å². The Morgan fingerprint density at radius 1 is 1.13 bits per heavy atom. The van der Waals surface area contributed by atoms with E-state index >= 15 is 0 Å². The van der Waals surface area contributed by atoms with Gasteiger partial charge in [-0.2, -0.15) is 0 Å². The summed E-state index contributed by atoms with van der Waals surface area (Å²) in [6.07, 6.45) is 6.28. The SMILES string of the molecule is COCC(Oc1cc(Cl)cc(Cl)c1)C1CCCN1CC1CC1.O=C(O)C=CC(=O)O. The van der Waals surface area contributed by atoms with Crippen molar-refractivity contribution in [2.24, 2.45) is 5.92 Å². The van der Waals surface area contributed by atoms with Crippen molar-refractivity contribution < 1.29 is 29.3 Å². The van der Waals surface area contributed by atoms with Gasteiger partial charge in [0.25, 0.3) is 0 Å². The minimum absolute atomic E-state index is 0.0146. The molecule has 1 heterocycles. The van der Waals surface area contributed by atoms with Crippen molar-refractivity contribution in [2.45, 2.75) is 37.8 Å². The van der Waals surface area contributed by atoms with Crippen LogP contribution in [0.1, 0.15) is 25.7 Å². The number of carbonyl (C=O) groups is 2. The Labute approximate surface area is 186 Å². The fraction of sp³-hybridized carbons (Fsp3) is 0.524. The molecule has 1 aromatic rings. The van der Waals surface area contributed by atoms with Gasteiger partial charge in [0, 0.05) is 41.9 Å². The highest BCUT2D eigenvalue weighted by Crippen LogP contribution is 2.34. The monoisotopic (exact) mass is 459 g/mol. The molecule has 7 nitrogen and oxygen atoms in total. The number of carboxylic acid groups (broad SMARTS) is 2. The van der Waals surface area contributed by atoms with Crippen molar-refractivity contribution in [2.75, 3.05) is 26.8 Å². The fourth-order valence-corrected chi connectivity index (χ4v) is 3.94. The summed E-state index contributed by atoms with van der Waals surface area (Å²) >= 11 is 12.1. The van der Waals surface area contributed by atoms with Crippen molar-refractivity contribution in [3.63, 3.8) is 0 Å². The van der Waals surface area contributed by atoms with E-state index in [1.807, 2.05) is 12.1 Å². The Hall–Kier alpha value is -1.80. The van der Waals surface area contributed by atoms with Crippen LogP contribution >= 0.6 is 23.2 Å². The molecule has 3 rings (SSSR count). The number of aliphatic carboxylic acids is 2. The van der Waals surface area contributed by atoms with Crippen molar-refractivity contribution >= 4 is 35.1 Å². The van der Waals surface area contributed by atoms with Gasteiger partial charge in [0.05, 0.1) is 6.61 Å². The predicted octanol–water partition coefficient (Wildman–Crippen LogP) is 3.97. The lowest BCUT2D eigenvalue weighted by molar-refractivity contribution is -0.134. The highest BCUT2D eigenvalue weighted by Gasteiger charge is 2.36. The molecule has 2 unspecified atom stereocenters. The molecule has 1 saturated carbocycles. The average molecular weight is 460 g/mol. The first-order valence-electron chi connectivity index (χ1n) is 9.78. The maximum Gasteiger partial charge on any atom is 0.328 e. The normalized spacial score (nSPS) is 19.9. The first-order chi connectivity index (χ1) is 14.3. The van der Waals surface area contributed by atoms with Crippen LogP contribution in [0.15, 0.2) is 30.4 Å². The van der Waals surface area contributed by atoms with Crippen LogP contribution in [0.3, 0.4) is 0 Å². The van der Waals surface area contributed by atoms with Crippen LogP contribution in [0.25, 0.3) is 0 Å². The quantitative estimate of drug-likeness (QED) is 0.539. The largest absolute Gasteiger partial charge is 0.486 e. The summed E-state index contributed by atoms with van der Waals surface area (Å²) in [6, 6.07) is 5.77. The minimum Gasteiger partial charge on any atom is -0.486 e. The lowest BCUT2D eigenvalue weighted by atomic mass is 10.1. The Morgan fingerprint density at radius 2 is 1.73 bits per heavy atom. The van der Waals surface area contributed by atoms with Gasteiger partial charge in [-0.15, -0.1) is 0 Å². The van der Waals surface area contributed by atoms with Crippen LogP contribution in [0, 0.1) is 5.92 Å². The molecular formula is C21H27Cl2NO6. The molecule has 0 aromatic heterocycles. The summed E-state index contributed by atoms with van der Waals surface area (Å²) < 4.78 is 11.6. The third-order valence-corrected chi connectivity index (χ3v) is 5.29. The Morgan fingerprint density at radius 3 is 2.23 bits per heavy atom. The molecule has 2 atom stereocenters. The van der Waals surface area contributed by atoms with E-state index in [1.165, 1.54) is 32.4 Å². The van der Waals surface area contributed by atoms with Gasteiger partial charge in [0.15, 0.2) is 0 Å². The van der Waals surface area contributed by atoms with E-state index in [2.05, 4.69) is 4.90 Å². The predicted molar refractivity (Wildman–Crippen MR) is 114 cm³/mol. The summed E-state index contributed by atoms with van der Waals surface area (Å²) in [5.41, 5.74) is 0. The molecule has 1 aliphatic carbocycles. The maximum atomic E-state index is 9.55. The van der Waals surface area contributed by atoms with Crippen LogP contribution in [-0.2, 0) is 14.3 Å². The Bertz CT molecular complexity index is 717. The van der Waals surface area contributed by atoms with Gasteiger partial charge in [-0.25, -0.2) is 9.59 Å². The number of benzene rings is 1. The number of halogens is 2. The summed E-state index contributed by atoms with van der Waals surface area (Å²) in [7, 11) is 1.72. The number of ether oxygens (including phenoxy) is 2. The molecule has 30 heavy (non-hydrogen) atoms. The Kier molecular flexibility index (Phi) is 9.91. The molecule has 9 heteroatoms. The number of hydrogen-bond donors (Lipinski definition) is 2. The van der Waals surface area contributed by atoms with Gasteiger partial charge >= 0.3 is 11.9 Å². The highest BCUT2D eigenvalue weighted by molar-refractivity contribution is 6.34. The molecule has 1 aliphatic heterocycles. The molecular weight excluding hydrogens is 433 g/mol. The van der Waals surface area contributed by atoms with E-state index < -0.39 is 11.9 Å². The van der Waals surface area contributed by atoms with E-state index in [0.29, 0.717) is 34.8 Å². The number of hydrogen-bond acceptors (Lipinski definition) is 5. The second kappa shape index (κ2) is 12.2. The number of likely N-dealkylation sites (tertiary alicyclic amines) is 1. The molecule has 0 amide bonds. The Balaban J connectivity index is 0.000000343. The number of rotatable bonds is 9. The minimum atomic E-state index is -1.26. The van der Waals surface area contributed by atoms with E-state index in [4.69, 9.17) is 42.9 Å². The average Bonchev–Trinajstić information content (AvgIpc) is 3.34. The molecule has 0 bridgehead atoms. The smallest absolute Gasteiger partial charge is 0.328 e. The zero-order valence-electron chi connectivity index (χ0n) is 16.8. The van der Waals surface area contributed by atoms with Crippen LogP contribution in [-0.4, -0.2) is 66.0 Å². The van der Waals surface area contributed by atoms with Crippen molar-refractivity contribution in [1.29, 1.82) is 0 Å². The van der Waals surface area contributed by atoms with Crippen LogP contribution in [0.5, 0.6) is 5.75 Å². The van der Waals surface area contributed by atoms with E-state index in [9.17, 15) is 9.59 Å². The van der Waals surface area contributed by atoms with Gasteiger partial charge in [-0.1, -0.05) is 23.2 Å². The van der Waals surface area contributed by atoms with Crippen molar-refractivity contribution in [3.05, 3.63) is 40.4 Å². The topological polar surface area (TPSA) is 96.3 Å². The third kappa shape index (κ3) is 8.92. The zero-order chi connectivity index (χ0) is 22.1. The third-order valence-electron chi connectivity index (χ3n) is 4.86. The van der Waals surface area contributed by atoms with E-state index in [1.54, 1.807) is 13.2 Å². The molecule has 166 valence electrons. The lowest BCUT2D eigenvalue weighted by Crippen LogP contribution is -2.45. The molecule has 2 aliphatic rings. The van der Waals surface area contributed by atoms with Gasteiger partial charge < -0.3 is 19.7 Å². The summed E-state index contributed by atoms with van der Waals surface area (Å²) in [5.74, 6) is -0.901. The van der Waals surface area contributed by atoms with Crippen molar-refractivity contribution in [3.8, 4) is 5.75 Å². The molecule has 1 saturated heterocycles. The van der Waals surface area contributed by atoms with Gasteiger partial charge in [-0.3, -0.25) is 4.90 Å². The zero-order valence-corrected chi connectivity index (χ0v) is 18.3. The van der Waals surface area contributed by atoms with E-state index in [-0.39, 0.29) is 6.10 Å². The van der Waals surface area contributed by atoms with Crippen molar-refractivity contribution in [1.82, 2.24) is 4.90 Å². The first kappa shape index (κ1) is 24.5. The fourth-order valence-electron chi connectivity index (χ4n) is 3.43. The first-order valence-corrected chi connectivity index (χ1v) is 10.5. The summed E-state index contributed by atoms with van der Waals surface area (Å²) in [5, 5.41) is 16.8. The van der Waals surface area contributed by atoms with Gasteiger partial charge in [0.1, 0.15) is 11.9 Å². The summed E-state index contributed by atoms with van der Waals surface area (Å²) in [4.78, 5) is 21.7.